The molecule has 1 rings (SSSR count). The molecule has 1 N–H and O–H groups in total. The summed E-state index contributed by atoms with van der Waals surface area (Å²) in [6, 6.07) is 3.12. The standard InChI is InChI=1S/C16H31N3/c1-5-16(13-17,18-6-2)10-7-11-19(14(3)4)12-15-8-9-15/h14-15,18H,5-12H2,1-4H3. The lowest BCUT2D eigenvalue weighted by atomic mass is 9.91. The van der Waals surface area contributed by atoms with E-state index in [1.165, 1.54) is 19.4 Å². The summed E-state index contributed by atoms with van der Waals surface area (Å²) in [6.45, 7) is 12.0. The average molecular weight is 265 g/mol. The minimum Gasteiger partial charge on any atom is -0.301 e. The van der Waals surface area contributed by atoms with Crippen molar-refractivity contribution >= 4 is 0 Å². The summed E-state index contributed by atoms with van der Waals surface area (Å²) in [5.74, 6) is 0.947. The molecule has 0 aliphatic heterocycles. The first-order valence-corrected chi connectivity index (χ1v) is 7.97. The molecule has 1 atom stereocenters. The molecule has 1 aliphatic carbocycles. The van der Waals surface area contributed by atoms with Crippen LogP contribution in [0, 0.1) is 17.2 Å². The second kappa shape index (κ2) is 7.87. The van der Waals surface area contributed by atoms with Crippen molar-refractivity contribution in [2.24, 2.45) is 5.92 Å². The van der Waals surface area contributed by atoms with Crippen molar-refractivity contribution in [1.82, 2.24) is 10.2 Å². The molecule has 1 saturated carbocycles. The Balaban J connectivity index is 2.38. The van der Waals surface area contributed by atoms with E-state index in [1.807, 2.05) is 0 Å². The second-order valence-corrected chi connectivity index (χ2v) is 6.21. The van der Waals surface area contributed by atoms with Gasteiger partial charge in [0, 0.05) is 12.6 Å². The van der Waals surface area contributed by atoms with E-state index >= 15 is 0 Å². The van der Waals surface area contributed by atoms with Crippen molar-refractivity contribution in [2.45, 2.75) is 71.4 Å². The van der Waals surface area contributed by atoms with Gasteiger partial charge in [0.2, 0.25) is 0 Å². The number of hydrogen-bond acceptors (Lipinski definition) is 3. The van der Waals surface area contributed by atoms with Crippen LogP contribution in [0.2, 0.25) is 0 Å². The maximum absolute atomic E-state index is 9.41. The molecule has 19 heavy (non-hydrogen) atoms. The fourth-order valence-electron chi connectivity index (χ4n) is 2.68. The molecule has 0 radical (unpaired) electrons. The first-order valence-electron chi connectivity index (χ1n) is 7.97. The average Bonchev–Trinajstić information content (AvgIpc) is 3.20. The Bertz CT molecular complexity index is 291. The number of nitriles is 1. The van der Waals surface area contributed by atoms with Gasteiger partial charge in [0.1, 0.15) is 5.54 Å². The van der Waals surface area contributed by atoms with Gasteiger partial charge in [-0.3, -0.25) is 5.32 Å². The third kappa shape index (κ3) is 5.50. The van der Waals surface area contributed by atoms with Crippen molar-refractivity contribution < 1.29 is 0 Å². The van der Waals surface area contributed by atoms with Crippen molar-refractivity contribution in [2.75, 3.05) is 19.6 Å². The minimum atomic E-state index is -0.309. The van der Waals surface area contributed by atoms with E-state index in [0.717, 1.165) is 38.3 Å². The molecule has 0 amide bonds. The number of hydrogen-bond donors (Lipinski definition) is 1. The lowest BCUT2D eigenvalue weighted by Crippen LogP contribution is -2.44. The highest BCUT2D eigenvalue weighted by Gasteiger charge is 2.28. The Kier molecular flexibility index (Phi) is 6.82. The van der Waals surface area contributed by atoms with Crippen molar-refractivity contribution in [3.8, 4) is 6.07 Å². The van der Waals surface area contributed by atoms with Crippen molar-refractivity contribution in [3.63, 3.8) is 0 Å². The molecule has 0 bridgehead atoms. The van der Waals surface area contributed by atoms with Gasteiger partial charge < -0.3 is 4.90 Å². The Morgan fingerprint density at radius 2 is 2.05 bits per heavy atom. The molecule has 3 nitrogen and oxygen atoms in total. The summed E-state index contributed by atoms with van der Waals surface area (Å²) in [5, 5.41) is 12.8. The van der Waals surface area contributed by atoms with Gasteiger partial charge in [-0.2, -0.15) is 5.26 Å². The maximum atomic E-state index is 9.41. The highest BCUT2D eigenvalue weighted by atomic mass is 15.1. The van der Waals surface area contributed by atoms with Gasteiger partial charge in [0.25, 0.3) is 0 Å². The van der Waals surface area contributed by atoms with Gasteiger partial charge in [-0.25, -0.2) is 0 Å². The predicted molar refractivity (Wildman–Crippen MR) is 81.0 cm³/mol. The van der Waals surface area contributed by atoms with Crippen LogP contribution in [0.15, 0.2) is 0 Å². The summed E-state index contributed by atoms with van der Waals surface area (Å²) in [7, 11) is 0. The van der Waals surface area contributed by atoms with Crippen LogP contribution < -0.4 is 5.32 Å². The zero-order valence-electron chi connectivity index (χ0n) is 13.2. The van der Waals surface area contributed by atoms with E-state index in [1.54, 1.807) is 0 Å². The van der Waals surface area contributed by atoms with E-state index in [9.17, 15) is 5.26 Å². The minimum absolute atomic E-state index is 0.309. The normalized spacial score (nSPS) is 18.6. The maximum Gasteiger partial charge on any atom is 0.106 e. The number of nitrogens with zero attached hydrogens (tertiary/aromatic N) is 2. The Hall–Kier alpha value is -0.590. The Morgan fingerprint density at radius 1 is 1.37 bits per heavy atom. The molecule has 0 heterocycles. The molecule has 0 aromatic heterocycles. The Morgan fingerprint density at radius 3 is 2.47 bits per heavy atom. The van der Waals surface area contributed by atoms with Gasteiger partial charge in [-0.05, 0) is 65.0 Å². The first-order chi connectivity index (χ1) is 9.06. The lowest BCUT2D eigenvalue weighted by molar-refractivity contribution is 0.200. The summed E-state index contributed by atoms with van der Waals surface area (Å²) in [6.07, 6.45) is 5.79. The van der Waals surface area contributed by atoms with E-state index in [2.05, 4.69) is 44.0 Å². The van der Waals surface area contributed by atoms with Crippen LogP contribution in [-0.4, -0.2) is 36.1 Å². The first kappa shape index (κ1) is 16.5. The van der Waals surface area contributed by atoms with Crippen LogP contribution in [0.3, 0.4) is 0 Å². The predicted octanol–water partition coefficient (Wildman–Crippen LogP) is 3.17. The molecule has 0 saturated heterocycles. The smallest absolute Gasteiger partial charge is 0.106 e. The van der Waals surface area contributed by atoms with Crippen LogP contribution in [0.1, 0.15) is 59.8 Å². The zero-order chi connectivity index (χ0) is 14.3. The quantitative estimate of drug-likeness (QED) is 0.659. The van der Waals surface area contributed by atoms with Crippen LogP contribution in [0.5, 0.6) is 0 Å². The Labute approximate surface area is 119 Å². The van der Waals surface area contributed by atoms with E-state index in [4.69, 9.17) is 0 Å². The molecule has 1 aliphatic rings. The van der Waals surface area contributed by atoms with Gasteiger partial charge in [-0.15, -0.1) is 0 Å². The van der Waals surface area contributed by atoms with Crippen LogP contribution in [0.25, 0.3) is 0 Å². The molecule has 1 fully saturated rings. The fourth-order valence-corrected chi connectivity index (χ4v) is 2.68. The summed E-state index contributed by atoms with van der Waals surface area (Å²) >= 11 is 0. The molecule has 0 spiro atoms. The van der Waals surface area contributed by atoms with E-state index < -0.39 is 0 Å². The van der Waals surface area contributed by atoms with Gasteiger partial charge in [0.15, 0.2) is 0 Å². The zero-order valence-corrected chi connectivity index (χ0v) is 13.2. The van der Waals surface area contributed by atoms with Gasteiger partial charge in [0.05, 0.1) is 6.07 Å². The molecular weight excluding hydrogens is 234 g/mol. The topological polar surface area (TPSA) is 39.1 Å². The highest BCUT2D eigenvalue weighted by molar-refractivity contribution is 5.06. The van der Waals surface area contributed by atoms with Crippen LogP contribution in [0.4, 0.5) is 0 Å². The third-order valence-electron chi connectivity index (χ3n) is 4.30. The van der Waals surface area contributed by atoms with Crippen molar-refractivity contribution in [3.05, 3.63) is 0 Å². The van der Waals surface area contributed by atoms with Gasteiger partial charge >= 0.3 is 0 Å². The summed E-state index contributed by atoms with van der Waals surface area (Å²) < 4.78 is 0. The summed E-state index contributed by atoms with van der Waals surface area (Å²) in [5.41, 5.74) is -0.309. The monoisotopic (exact) mass is 265 g/mol. The fraction of sp³-hybridized carbons (Fsp3) is 0.938. The van der Waals surface area contributed by atoms with Crippen molar-refractivity contribution in [1.29, 1.82) is 5.26 Å². The lowest BCUT2D eigenvalue weighted by Gasteiger charge is -2.30. The molecule has 1 unspecified atom stereocenters. The molecule has 110 valence electrons. The second-order valence-electron chi connectivity index (χ2n) is 6.21. The molecule has 0 aromatic carbocycles. The highest BCUT2D eigenvalue weighted by Crippen LogP contribution is 2.30. The molecule has 3 heteroatoms. The van der Waals surface area contributed by atoms with E-state index in [0.29, 0.717) is 6.04 Å². The molecule has 0 aromatic rings. The van der Waals surface area contributed by atoms with E-state index in [-0.39, 0.29) is 5.54 Å². The number of rotatable bonds is 10. The van der Waals surface area contributed by atoms with Crippen LogP contribution in [-0.2, 0) is 0 Å². The number of nitrogens with one attached hydrogen (secondary N) is 1. The third-order valence-corrected chi connectivity index (χ3v) is 4.30. The molecular formula is C16H31N3. The van der Waals surface area contributed by atoms with Gasteiger partial charge in [-0.1, -0.05) is 13.8 Å². The largest absolute Gasteiger partial charge is 0.301 e. The SMILES string of the molecule is CCNC(C#N)(CC)CCCN(CC1CC1)C(C)C. The summed E-state index contributed by atoms with van der Waals surface area (Å²) in [4.78, 5) is 2.58. The van der Waals surface area contributed by atoms with Crippen LogP contribution >= 0.6 is 0 Å².